The average molecular weight is 542 g/mol. The lowest BCUT2D eigenvalue weighted by atomic mass is 9.77. The van der Waals surface area contributed by atoms with Crippen LogP contribution in [0.1, 0.15) is 76.2 Å². The fourth-order valence-corrected chi connectivity index (χ4v) is 8.71. The second kappa shape index (κ2) is 9.64. The van der Waals surface area contributed by atoms with E-state index in [2.05, 4.69) is 28.9 Å². The van der Waals surface area contributed by atoms with Crippen LogP contribution in [0.2, 0.25) is 0 Å². The average Bonchev–Trinajstić information content (AvgIpc) is 3.57. The van der Waals surface area contributed by atoms with Crippen molar-refractivity contribution in [3.8, 4) is 17.3 Å². The molecule has 5 fully saturated rings. The predicted octanol–water partition coefficient (Wildman–Crippen LogP) is 6.59. The van der Waals surface area contributed by atoms with E-state index in [4.69, 9.17) is 19.7 Å². The first kappa shape index (κ1) is 25.0. The number of hydrogen-bond acceptors (Lipinski definition) is 6. The molecule has 3 saturated heterocycles. The zero-order valence-electron chi connectivity index (χ0n) is 23.6. The number of ether oxygens (including phenoxy) is 1. The third-order valence-corrected chi connectivity index (χ3v) is 10.8. The van der Waals surface area contributed by atoms with Crippen molar-refractivity contribution in [2.75, 3.05) is 37.7 Å². The van der Waals surface area contributed by atoms with Gasteiger partial charge < -0.3 is 9.64 Å². The Balaban J connectivity index is 1.21. The summed E-state index contributed by atoms with van der Waals surface area (Å²) in [6.07, 6.45) is 12.7. The molecule has 2 unspecified atom stereocenters. The van der Waals surface area contributed by atoms with Crippen molar-refractivity contribution in [3.05, 3.63) is 41.8 Å². The number of nitrogens with zero attached hydrogens (tertiary/aromatic N) is 5. The van der Waals surface area contributed by atoms with Gasteiger partial charge in [-0.3, -0.25) is 9.88 Å². The maximum Gasteiger partial charge on any atom is 0.319 e. The van der Waals surface area contributed by atoms with Crippen molar-refractivity contribution >= 4 is 16.7 Å². The maximum atomic E-state index is 16.6. The molecule has 3 aliphatic heterocycles. The van der Waals surface area contributed by atoms with Crippen LogP contribution < -0.4 is 9.64 Å². The molecular formula is C33H40FN5O. The zero-order valence-corrected chi connectivity index (χ0v) is 23.6. The standard InChI is InChI=1S/C33H40FN5O/c1-21-15-33(12-5-13-39(33)17-21)20-40-32-36-30-27(31(37-32)38-18-22-10-11-23(14-22)19-38)16-35-29(28(30)34)26-9-3-2-8-25(26)24-6-4-7-24/h2-3,8-9,16,21-24H,4-7,10-15,17-20H2,1H3/t21-,22?,23?,33+/m1/s1. The van der Waals surface area contributed by atoms with Crippen molar-refractivity contribution in [2.45, 2.75) is 76.2 Å². The van der Waals surface area contributed by atoms with Crippen LogP contribution >= 0.6 is 0 Å². The molecule has 3 aromatic rings. The molecule has 0 N–H and O–H groups in total. The van der Waals surface area contributed by atoms with Crippen molar-refractivity contribution in [1.82, 2.24) is 19.9 Å². The topological polar surface area (TPSA) is 54.4 Å². The number of benzene rings is 1. The smallest absolute Gasteiger partial charge is 0.319 e. The molecule has 1 aromatic carbocycles. The van der Waals surface area contributed by atoms with E-state index in [-0.39, 0.29) is 11.4 Å². The first-order valence-electron chi connectivity index (χ1n) is 15.6. The minimum atomic E-state index is -0.354. The summed E-state index contributed by atoms with van der Waals surface area (Å²) >= 11 is 0. The lowest BCUT2D eigenvalue weighted by molar-refractivity contribution is 0.107. The molecule has 2 saturated carbocycles. The Morgan fingerprint density at radius 2 is 1.85 bits per heavy atom. The third-order valence-electron chi connectivity index (χ3n) is 10.8. The molecule has 0 amide bonds. The molecule has 8 rings (SSSR count). The van der Waals surface area contributed by atoms with Gasteiger partial charge in [0.1, 0.15) is 23.6 Å². The highest BCUT2D eigenvalue weighted by atomic mass is 19.1. The molecule has 2 aromatic heterocycles. The van der Waals surface area contributed by atoms with Gasteiger partial charge in [0, 0.05) is 31.4 Å². The van der Waals surface area contributed by atoms with Gasteiger partial charge in [0.05, 0.1) is 10.9 Å². The minimum absolute atomic E-state index is 0.0613. The van der Waals surface area contributed by atoms with E-state index in [1.54, 1.807) is 0 Å². The van der Waals surface area contributed by atoms with Crippen LogP contribution in [-0.4, -0.2) is 58.2 Å². The summed E-state index contributed by atoms with van der Waals surface area (Å²) in [5.41, 5.74) is 2.90. The van der Waals surface area contributed by atoms with Crippen molar-refractivity contribution in [3.63, 3.8) is 0 Å². The molecule has 40 heavy (non-hydrogen) atoms. The predicted molar refractivity (Wildman–Crippen MR) is 155 cm³/mol. The van der Waals surface area contributed by atoms with Crippen LogP contribution in [0.4, 0.5) is 10.2 Å². The van der Waals surface area contributed by atoms with E-state index in [1.165, 1.54) is 37.7 Å². The molecular weight excluding hydrogens is 501 g/mol. The minimum Gasteiger partial charge on any atom is -0.461 e. The Morgan fingerprint density at radius 1 is 1.02 bits per heavy atom. The van der Waals surface area contributed by atoms with Gasteiger partial charge >= 0.3 is 6.01 Å². The van der Waals surface area contributed by atoms with Gasteiger partial charge in [0.15, 0.2) is 5.82 Å². The SMILES string of the molecule is C[C@H]1CN2CCC[C@@]2(COc2nc(N3CC4CCC(C4)C3)c3cnc(-c4ccccc4C4CCC4)c(F)c3n2)C1. The van der Waals surface area contributed by atoms with Crippen molar-refractivity contribution < 1.29 is 9.13 Å². The fourth-order valence-electron chi connectivity index (χ4n) is 8.71. The lowest BCUT2D eigenvalue weighted by Gasteiger charge is -2.34. The van der Waals surface area contributed by atoms with Crippen LogP contribution in [0.3, 0.4) is 0 Å². The highest BCUT2D eigenvalue weighted by Crippen LogP contribution is 2.44. The number of halogens is 1. The Morgan fingerprint density at radius 3 is 2.65 bits per heavy atom. The Bertz CT molecular complexity index is 1430. The molecule has 5 heterocycles. The van der Waals surface area contributed by atoms with E-state index >= 15 is 4.39 Å². The second-order valence-corrected chi connectivity index (χ2v) is 13.5. The quantitative estimate of drug-likeness (QED) is 0.351. The summed E-state index contributed by atoms with van der Waals surface area (Å²) in [6.45, 7) is 7.10. The number of piperidine rings is 1. The van der Waals surface area contributed by atoms with E-state index in [1.807, 2.05) is 18.3 Å². The summed E-state index contributed by atoms with van der Waals surface area (Å²) in [5.74, 6) is 2.97. The molecule has 2 bridgehead atoms. The largest absolute Gasteiger partial charge is 0.461 e. The Hall–Kier alpha value is -2.80. The first-order chi connectivity index (χ1) is 19.6. The zero-order chi connectivity index (χ0) is 26.8. The van der Waals surface area contributed by atoms with E-state index in [0.29, 0.717) is 52.9 Å². The fraction of sp³-hybridized carbons (Fsp3) is 0.606. The molecule has 210 valence electrons. The molecule has 0 spiro atoms. The van der Waals surface area contributed by atoms with Gasteiger partial charge in [-0.2, -0.15) is 9.97 Å². The van der Waals surface area contributed by atoms with Gasteiger partial charge in [-0.25, -0.2) is 4.39 Å². The van der Waals surface area contributed by atoms with Gasteiger partial charge in [-0.15, -0.1) is 0 Å². The van der Waals surface area contributed by atoms with Crippen LogP contribution in [0, 0.1) is 23.6 Å². The van der Waals surface area contributed by atoms with Gasteiger partial charge in [0.25, 0.3) is 0 Å². The van der Waals surface area contributed by atoms with E-state index in [9.17, 15) is 0 Å². The number of aromatic nitrogens is 3. The summed E-state index contributed by atoms with van der Waals surface area (Å²) < 4.78 is 23.0. The number of hydrogen-bond donors (Lipinski definition) is 0. The molecule has 7 heteroatoms. The van der Waals surface area contributed by atoms with Crippen molar-refractivity contribution in [1.29, 1.82) is 0 Å². The van der Waals surface area contributed by atoms with Crippen molar-refractivity contribution in [2.24, 2.45) is 17.8 Å². The molecule has 0 radical (unpaired) electrons. The van der Waals surface area contributed by atoms with Crippen LogP contribution in [0.15, 0.2) is 30.5 Å². The highest BCUT2D eigenvalue weighted by Gasteiger charge is 2.48. The first-order valence-corrected chi connectivity index (χ1v) is 15.6. The van der Waals surface area contributed by atoms with Gasteiger partial charge in [-0.05, 0) is 87.1 Å². The monoisotopic (exact) mass is 541 g/mol. The molecule has 5 aliphatic rings. The Kier molecular flexibility index (Phi) is 6.02. The van der Waals surface area contributed by atoms with Crippen LogP contribution in [0.25, 0.3) is 22.2 Å². The Labute approximate surface area is 236 Å². The summed E-state index contributed by atoms with van der Waals surface area (Å²) in [6, 6.07) is 8.51. The van der Waals surface area contributed by atoms with Gasteiger partial charge in [0.2, 0.25) is 0 Å². The molecule has 6 nitrogen and oxygen atoms in total. The maximum absolute atomic E-state index is 16.6. The lowest BCUT2D eigenvalue weighted by Crippen LogP contribution is -2.43. The van der Waals surface area contributed by atoms with E-state index in [0.717, 1.165) is 63.2 Å². The third kappa shape index (κ3) is 4.10. The number of fused-ring (bicyclic) bond motifs is 4. The van der Waals surface area contributed by atoms with Crippen LogP contribution in [-0.2, 0) is 0 Å². The summed E-state index contributed by atoms with van der Waals surface area (Å²) in [4.78, 5) is 19.5. The van der Waals surface area contributed by atoms with Gasteiger partial charge in [-0.1, -0.05) is 37.6 Å². The normalized spacial score (nSPS) is 30.1. The summed E-state index contributed by atoms with van der Waals surface area (Å²) in [7, 11) is 0. The second-order valence-electron chi connectivity index (χ2n) is 13.5. The summed E-state index contributed by atoms with van der Waals surface area (Å²) in [5, 5.41) is 0.700. The van der Waals surface area contributed by atoms with E-state index < -0.39 is 0 Å². The number of rotatable bonds is 6. The highest BCUT2D eigenvalue weighted by molar-refractivity contribution is 5.92. The number of pyridine rings is 1. The molecule has 2 aliphatic carbocycles. The number of anilines is 1. The van der Waals surface area contributed by atoms with Crippen LogP contribution in [0.5, 0.6) is 6.01 Å². The molecule has 4 atom stereocenters.